The summed E-state index contributed by atoms with van der Waals surface area (Å²) in [6, 6.07) is 2.15. The molecule has 7 heteroatoms. The lowest BCUT2D eigenvalue weighted by atomic mass is 10.2. The van der Waals surface area contributed by atoms with Crippen molar-refractivity contribution in [3.05, 3.63) is 15.8 Å². The summed E-state index contributed by atoms with van der Waals surface area (Å²) in [5, 5.41) is 24.4. The van der Waals surface area contributed by atoms with Crippen molar-refractivity contribution < 1.29 is 4.92 Å². The van der Waals surface area contributed by atoms with Gasteiger partial charge >= 0.3 is 5.69 Å². The van der Waals surface area contributed by atoms with E-state index >= 15 is 0 Å². The van der Waals surface area contributed by atoms with Gasteiger partial charge in [-0.15, -0.1) is 0 Å². The highest BCUT2D eigenvalue weighted by atomic mass is 16.6. The van der Waals surface area contributed by atoms with E-state index in [-0.39, 0.29) is 16.7 Å². The molecule has 1 rings (SSSR count). The number of aromatic nitrogens is 2. The maximum absolute atomic E-state index is 11.3. The minimum Gasteiger partial charge on any atom is -0.348 e. The number of anilines is 1. The van der Waals surface area contributed by atoms with Crippen molar-refractivity contribution in [2.24, 2.45) is 0 Å². The average Bonchev–Trinajstić information content (AvgIpc) is 2.67. The van der Waals surface area contributed by atoms with Crippen LogP contribution in [0.2, 0.25) is 0 Å². The van der Waals surface area contributed by atoms with Crippen LogP contribution in [0, 0.1) is 28.4 Å². The van der Waals surface area contributed by atoms with Crippen LogP contribution in [0.4, 0.5) is 11.5 Å². The fraction of sp³-hybridized carbons (Fsp3) is 0.692. The summed E-state index contributed by atoms with van der Waals surface area (Å²) in [4.78, 5) is 12.8. The topological polar surface area (TPSA) is 88.0 Å². The Morgan fingerprint density at radius 3 is 2.65 bits per heavy atom. The van der Waals surface area contributed by atoms with Gasteiger partial charge in [0.15, 0.2) is 0 Å². The van der Waals surface area contributed by atoms with E-state index in [2.05, 4.69) is 11.2 Å². The molecule has 20 heavy (non-hydrogen) atoms. The molecule has 0 aliphatic heterocycles. The Labute approximate surface area is 118 Å². The standard InChI is InChI=1S/C13H21N5O2/c1-5-8-17-13(12(18(19)20)11(4)15-17)16(10(2)3)9-6-7-14/h10H,5-6,8-9H2,1-4H3. The number of nitrogens with zero attached hydrogens (tertiary/aromatic N) is 5. The van der Waals surface area contributed by atoms with E-state index in [1.807, 2.05) is 25.7 Å². The van der Waals surface area contributed by atoms with E-state index in [0.717, 1.165) is 6.42 Å². The highest BCUT2D eigenvalue weighted by molar-refractivity contribution is 5.62. The largest absolute Gasteiger partial charge is 0.348 e. The Bertz CT molecular complexity index is 516. The Kier molecular flexibility index (Phi) is 5.50. The van der Waals surface area contributed by atoms with Crippen molar-refractivity contribution in [2.45, 2.75) is 53.1 Å². The molecule has 0 aliphatic rings. The first-order valence-electron chi connectivity index (χ1n) is 6.79. The summed E-state index contributed by atoms with van der Waals surface area (Å²) in [6.45, 7) is 8.65. The number of rotatable bonds is 7. The monoisotopic (exact) mass is 279 g/mol. The zero-order valence-corrected chi connectivity index (χ0v) is 12.5. The van der Waals surface area contributed by atoms with Gasteiger partial charge in [0.25, 0.3) is 0 Å². The summed E-state index contributed by atoms with van der Waals surface area (Å²) in [5.74, 6) is 0.514. The van der Waals surface area contributed by atoms with Gasteiger partial charge in [-0.1, -0.05) is 6.92 Å². The Morgan fingerprint density at radius 2 is 2.20 bits per heavy atom. The average molecular weight is 279 g/mol. The molecule has 0 bridgehead atoms. The molecule has 1 heterocycles. The molecule has 1 aromatic heterocycles. The van der Waals surface area contributed by atoms with Crippen LogP contribution < -0.4 is 4.90 Å². The van der Waals surface area contributed by atoms with Crippen LogP contribution in [0.3, 0.4) is 0 Å². The molecular formula is C13H21N5O2. The first kappa shape index (κ1) is 16.0. The quantitative estimate of drug-likeness (QED) is 0.565. The third-order valence-corrected chi connectivity index (χ3v) is 3.05. The van der Waals surface area contributed by atoms with Crippen molar-refractivity contribution in [1.29, 1.82) is 5.26 Å². The SMILES string of the molecule is CCCn1nc(C)c([N+](=O)[O-])c1N(CCC#N)C(C)C. The van der Waals surface area contributed by atoms with Gasteiger partial charge < -0.3 is 4.90 Å². The van der Waals surface area contributed by atoms with Crippen molar-refractivity contribution in [3.8, 4) is 6.07 Å². The third-order valence-electron chi connectivity index (χ3n) is 3.05. The van der Waals surface area contributed by atoms with Gasteiger partial charge in [-0.25, -0.2) is 4.68 Å². The molecule has 0 spiro atoms. The summed E-state index contributed by atoms with van der Waals surface area (Å²) in [5.41, 5.74) is 0.464. The molecular weight excluding hydrogens is 258 g/mol. The zero-order valence-electron chi connectivity index (χ0n) is 12.5. The third kappa shape index (κ3) is 3.26. The van der Waals surface area contributed by atoms with Crippen LogP contribution in [-0.4, -0.2) is 27.3 Å². The van der Waals surface area contributed by atoms with Gasteiger partial charge in [-0.05, 0) is 27.2 Å². The van der Waals surface area contributed by atoms with Crippen LogP contribution in [0.5, 0.6) is 0 Å². The molecule has 1 aromatic rings. The highest BCUT2D eigenvalue weighted by Crippen LogP contribution is 2.33. The van der Waals surface area contributed by atoms with E-state index in [9.17, 15) is 10.1 Å². The smallest absolute Gasteiger partial charge is 0.333 e. The molecule has 7 nitrogen and oxygen atoms in total. The fourth-order valence-electron chi connectivity index (χ4n) is 2.20. The maximum atomic E-state index is 11.3. The Balaban J connectivity index is 3.35. The van der Waals surface area contributed by atoms with Gasteiger partial charge in [-0.3, -0.25) is 10.1 Å². The highest BCUT2D eigenvalue weighted by Gasteiger charge is 2.30. The van der Waals surface area contributed by atoms with Crippen molar-refractivity contribution >= 4 is 11.5 Å². The number of nitriles is 1. The first-order chi connectivity index (χ1) is 9.43. The van der Waals surface area contributed by atoms with E-state index in [0.29, 0.717) is 31.0 Å². The molecule has 0 aliphatic carbocycles. The molecule has 110 valence electrons. The van der Waals surface area contributed by atoms with E-state index < -0.39 is 0 Å². The number of nitro groups is 1. The van der Waals surface area contributed by atoms with Gasteiger partial charge in [-0.2, -0.15) is 10.4 Å². The van der Waals surface area contributed by atoms with Crippen LogP contribution in [-0.2, 0) is 6.54 Å². The maximum Gasteiger partial charge on any atom is 0.333 e. The lowest BCUT2D eigenvalue weighted by Crippen LogP contribution is -2.34. The second-order valence-corrected chi connectivity index (χ2v) is 4.93. The van der Waals surface area contributed by atoms with Gasteiger partial charge in [0.2, 0.25) is 5.82 Å². The van der Waals surface area contributed by atoms with Crippen LogP contribution in [0.25, 0.3) is 0 Å². The van der Waals surface area contributed by atoms with Gasteiger partial charge in [0.05, 0.1) is 17.4 Å². The summed E-state index contributed by atoms with van der Waals surface area (Å²) in [7, 11) is 0. The zero-order chi connectivity index (χ0) is 15.3. The van der Waals surface area contributed by atoms with Gasteiger partial charge in [0, 0.05) is 19.1 Å². The normalized spacial score (nSPS) is 10.6. The van der Waals surface area contributed by atoms with Crippen LogP contribution >= 0.6 is 0 Å². The molecule has 0 unspecified atom stereocenters. The van der Waals surface area contributed by atoms with E-state index in [4.69, 9.17) is 5.26 Å². The number of hydrogen-bond donors (Lipinski definition) is 0. The first-order valence-corrected chi connectivity index (χ1v) is 6.79. The van der Waals surface area contributed by atoms with Crippen molar-refractivity contribution in [3.63, 3.8) is 0 Å². The second-order valence-electron chi connectivity index (χ2n) is 4.93. The lowest BCUT2D eigenvalue weighted by molar-refractivity contribution is -0.384. The summed E-state index contributed by atoms with van der Waals surface area (Å²) < 4.78 is 1.69. The summed E-state index contributed by atoms with van der Waals surface area (Å²) in [6.07, 6.45) is 1.17. The fourth-order valence-corrected chi connectivity index (χ4v) is 2.20. The molecule has 0 N–H and O–H groups in total. The van der Waals surface area contributed by atoms with Crippen molar-refractivity contribution in [2.75, 3.05) is 11.4 Å². The minimum atomic E-state index is -0.383. The molecule has 0 fully saturated rings. The lowest BCUT2D eigenvalue weighted by Gasteiger charge is -2.27. The molecule has 0 saturated carbocycles. The number of aryl methyl sites for hydroxylation is 2. The Hall–Kier alpha value is -2.10. The van der Waals surface area contributed by atoms with Gasteiger partial charge in [0.1, 0.15) is 5.69 Å². The molecule has 0 radical (unpaired) electrons. The van der Waals surface area contributed by atoms with Crippen LogP contribution in [0.15, 0.2) is 0 Å². The predicted octanol–water partition coefficient (Wildman–Crippen LogP) is 2.64. The van der Waals surface area contributed by atoms with Crippen molar-refractivity contribution in [1.82, 2.24) is 9.78 Å². The Morgan fingerprint density at radius 1 is 1.55 bits per heavy atom. The van der Waals surface area contributed by atoms with E-state index in [1.54, 1.807) is 11.6 Å². The molecule has 0 atom stereocenters. The minimum absolute atomic E-state index is 0.0464. The van der Waals surface area contributed by atoms with E-state index in [1.165, 1.54) is 0 Å². The number of hydrogen-bond acceptors (Lipinski definition) is 5. The predicted molar refractivity (Wildman–Crippen MR) is 76.6 cm³/mol. The molecule has 0 amide bonds. The summed E-state index contributed by atoms with van der Waals surface area (Å²) >= 11 is 0. The second kappa shape index (κ2) is 6.89. The molecule has 0 saturated heterocycles. The van der Waals surface area contributed by atoms with Crippen LogP contribution in [0.1, 0.15) is 39.3 Å². The molecule has 0 aromatic carbocycles.